The molecule has 3 heteroatoms. The molecule has 1 heterocycles. The van der Waals surface area contributed by atoms with Crippen LogP contribution in [-0.4, -0.2) is 4.98 Å². The monoisotopic (exact) mass is 395 g/mol. The van der Waals surface area contributed by atoms with Crippen molar-refractivity contribution in [2.45, 2.75) is 6.92 Å². The van der Waals surface area contributed by atoms with Crippen LogP contribution in [0.25, 0.3) is 16.6 Å². The van der Waals surface area contributed by atoms with Crippen LogP contribution in [0.4, 0.5) is 5.69 Å². The standard InChI is InChI=1S/C10H9N2.U/c1-7-2-3-10-8(6-7)9(11)4-5-12-10;/h2-6H,1H3,(H-,11,12);/q-1;. The Labute approximate surface area is 101 Å². The Balaban J connectivity index is 0.000000845. The van der Waals surface area contributed by atoms with E-state index in [0.717, 1.165) is 10.9 Å². The van der Waals surface area contributed by atoms with Gasteiger partial charge in [0.2, 0.25) is 0 Å². The molecule has 2 aromatic rings. The molecule has 2 nitrogen and oxygen atoms in total. The van der Waals surface area contributed by atoms with Crippen LogP contribution in [0.5, 0.6) is 0 Å². The summed E-state index contributed by atoms with van der Waals surface area (Å²) in [4.78, 5) is 4.16. The third kappa shape index (κ3) is 2.04. The molecule has 0 radical (unpaired) electrons. The van der Waals surface area contributed by atoms with Crippen molar-refractivity contribution in [3.63, 3.8) is 0 Å². The van der Waals surface area contributed by atoms with E-state index in [9.17, 15) is 0 Å². The number of hydrogen-bond acceptors (Lipinski definition) is 1. The van der Waals surface area contributed by atoms with E-state index in [1.54, 1.807) is 12.3 Å². The molecule has 0 spiro atoms. The summed E-state index contributed by atoms with van der Waals surface area (Å²) in [5.74, 6) is 0. The van der Waals surface area contributed by atoms with Crippen LogP contribution in [0.3, 0.4) is 0 Å². The van der Waals surface area contributed by atoms with E-state index in [0.29, 0.717) is 5.69 Å². The number of fused-ring (bicyclic) bond motifs is 1. The third-order valence-corrected chi connectivity index (χ3v) is 1.90. The second kappa shape index (κ2) is 4.13. The maximum Gasteiger partial charge on any atom is 0.0689 e. The molecule has 1 aromatic carbocycles. The minimum absolute atomic E-state index is 0. The van der Waals surface area contributed by atoms with Gasteiger partial charge in [-0.25, -0.2) is 0 Å². The fourth-order valence-electron chi connectivity index (χ4n) is 1.26. The molecule has 13 heavy (non-hydrogen) atoms. The van der Waals surface area contributed by atoms with Crippen LogP contribution in [0.2, 0.25) is 0 Å². The number of hydrogen-bond donors (Lipinski definition) is 0. The van der Waals surface area contributed by atoms with Crippen molar-refractivity contribution in [1.29, 1.82) is 0 Å². The van der Waals surface area contributed by atoms with E-state index in [2.05, 4.69) is 4.98 Å². The molecule has 0 amide bonds. The normalized spacial score (nSPS) is 9.62. The smallest absolute Gasteiger partial charge is 0.0689 e. The molecule has 0 aliphatic carbocycles. The Hall–Kier alpha value is -0.518. The zero-order valence-electron chi connectivity index (χ0n) is 7.33. The van der Waals surface area contributed by atoms with Gasteiger partial charge in [0.05, 0.1) is 5.52 Å². The van der Waals surface area contributed by atoms with Crippen molar-refractivity contribution in [3.8, 4) is 0 Å². The zero-order valence-corrected chi connectivity index (χ0v) is 11.5. The number of pyridine rings is 1. The molecule has 0 saturated carbocycles. The van der Waals surface area contributed by atoms with Gasteiger partial charge in [-0.3, -0.25) is 4.98 Å². The van der Waals surface area contributed by atoms with Crippen LogP contribution < -0.4 is 0 Å². The first-order valence-corrected chi connectivity index (χ1v) is 3.84. The Morgan fingerprint density at radius 2 is 2.00 bits per heavy atom. The Morgan fingerprint density at radius 1 is 1.23 bits per heavy atom. The van der Waals surface area contributed by atoms with Gasteiger partial charge in [-0.05, 0) is 18.4 Å². The van der Waals surface area contributed by atoms with Gasteiger partial charge in [0, 0.05) is 37.3 Å². The van der Waals surface area contributed by atoms with Crippen molar-refractivity contribution in [1.82, 2.24) is 4.98 Å². The summed E-state index contributed by atoms with van der Waals surface area (Å²) in [6.45, 7) is 2.02. The number of nitrogens with one attached hydrogen (secondary N) is 1. The molecule has 0 aliphatic heterocycles. The summed E-state index contributed by atoms with van der Waals surface area (Å²) in [5.41, 5.74) is 10.2. The fourth-order valence-corrected chi connectivity index (χ4v) is 1.26. The molecule has 2 rings (SSSR count). The number of benzene rings is 1. The molecule has 0 saturated heterocycles. The van der Waals surface area contributed by atoms with Gasteiger partial charge < -0.3 is 5.73 Å². The van der Waals surface area contributed by atoms with E-state index >= 15 is 0 Å². The van der Waals surface area contributed by atoms with Crippen LogP contribution in [0, 0.1) is 38.0 Å². The largest absolute Gasteiger partial charge is 0.698 e. The quantitative estimate of drug-likeness (QED) is 0.675. The maximum absolute atomic E-state index is 7.62. The van der Waals surface area contributed by atoms with Crippen molar-refractivity contribution in [2.24, 2.45) is 0 Å². The van der Waals surface area contributed by atoms with E-state index in [1.807, 2.05) is 25.1 Å². The van der Waals surface area contributed by atoms with E-state index in [1.165, 1.54) is 5.56 Å². The maximum atomic E-state index is 7.62. The van der Waals surface area contributed by atoms with Gasteiger partial charge in [-0.2, -0.15) is 0 Å². The van der Waals surface area contributed by atoms with Crippen LogP contribution in [0.15, 0.2) is 30.5 Å². The van der Waals surface area contributed by atoms with Crippen LogP contribution in [-0.2, 0) is 0 Å². The first kappa shape index (κ1) is 10.6. The summed E-state index contributed by atoms with van der Waals surface area (Å²) in [5, 5.41) is 0.928. The first-order chi connectivity index (χ1) is 5.77. The van der Waals surface area contributed by atoms with Crippen molar-refractivity contribution >= 4 is 16.6 Å². The molecule has 0 aliphatic rings. The predicted octanol–water partition coefficient (Wildman–Crippen LogP) is 3.23. The van der Waals surface area contributed by atoms with Crippen LogP contribution >= 0.6 is 0 Å². The molecule has 0 fully saturated rings. The van der Waals surface area contributed by atoms with Crippen molar-refractivity contribution in [2.75, 3.05) is 0 Å². The molecule has 0 atom stereocenters. The third-order valence-electron chi connectivity index (χ3n) is 1.90. The van der Waals surface area contributed by atoms with Gasteiger partial charge in [0.25, 0.3) is 0 Å². The second-order valence-electron chi connectivity index (χ2n) is 2.88. The van der Waals surface area contributed by atoms with Crippen LogP contribution in [0.1, 0.15) is 5.56 Å². The molecular weight excluding hydrogens is 386 g/mol. The summed E-state index contributed by atoms with van der Waals surface area (Å²) in [6.07, 6.45) is 1.67. The van der Waals surface area contributed by atoms with Gasteiger partial charge in [-0.1, -0.05) is 23.8 Å². The van der Waals surface area contributed by atoms with Crippen molar-refractivity contribution < 1.29 is 31.1 Å². The Morgan fingerprint density at radius 3 is 2.77 bits per heavy atom. The summed E-state index contributed by atoms with van der Waals surface area (Å²) in [7, 11) is 0. The topological polar surface area (TPSA) is 36.7 Å². The summed E-state index contributed by atoms with van der Waals surface area (Å²) in [6, 6.07) is 7.66. The van der Waals surface area contributed by atoms with E-state index in [4.69, 9.17) is 5.73 Å². The zero-order chi connectivity index (χ0) is 8.55. The molecule has 1 N–H and O–H groups in total. The number of aryl methyl sites for hydroxylation is 1. The number of rotatable bonds is 0. The summed E-state index contributed by atoms with van der Waals surface area (Å²) >= 11 is 0. The van der Waals surface area contributed by atoms with E-state index in [-0.39, 0.29) is 31.1 Å². The average Bonchev–Trinajstić information content (AvgIpc) is 2.07. The van der Waals surface area contributed by atoms with Gasteiger partial charge in [0.15, 0.2) is 0 Å². The Bertz CT molecular complexity index is 426. The minimum Gasteiger partial charge on any atom is -0.698 e. The molecule has 1 aromatic heterocycles. The molecule has 64 valence electrons. The molecular formula is C10H9N2U-. The predicted molar refractivity (Wildman–Crippen MR) is 50.5 cm³/mol. The van der Waals surface area contributed by atoms with Crippen molar-refractivity contribution in [3.05, 3.63) is 41.8 Å². The average molecular weight is 395 g/mol. The molecule has 0 unspecified atom stereocenters. The van der Waals surface area contributed by atoms with Gasteiger partial charge in [-0.15, -0.1) is 5.69 Å². The second-order valence-corrected chi connectivity index (χ2v) is 2.88. The SMILES string of the molecule is Cc1ccc2nccc([NH-])c2c1.[U]. The number of aromatic nitrogens is 1. The fraction of sp³-hybridized carbons (Fsp3) is 0.100. The summed E-state index contributed by atoms with van der Waals surface area (Å²) < 4.78 is 0. The van der Waals surface area contributed by atoms with E-state index < -0.39 is 0 Å². The number of nitrogens with zero attached hydrogens (tertiary/aromatic N) is 1. The Kier molecular flexibility index (Phi) is 3.35. The first-order valence-electron chi connectivity index (χ1n) is 3.84. The molecule has 0 bridgehead atoms. The van der Waals surface area contributed by atoms with Gasteiger partial charge in [0.1, 0.15) is 0 Å². The van der Waals surface area contributed by atoms with Gasteiger partial charge >= 0.3 is 0 Å². The minimum atomic E-state index is 0.